The van der Waals surface area contributed by atoms with Crippen molar-refractivity contribution in [2.75, 3.05) is 5.32 Å². The topological polar surface area (TPSA) is 75.4 Å². The van der Waals surface area contributed by atoms with E-state index in [9.17, 15) is 19.6 Å². The van der Waals surface area contributed by atoms with Crippen molar-refractivity contribution in [3.05, 3.63) is 75.6 Å². The summed E-state index contributed by atoms with van der Waals surface area (Å²) in [5.41, 5.74) is 1.50. The number of halogens is 1. The van der Waals surface area contributed by atoms with E-state index < -0.39 is 10.7 Å². The summed E-state index contributed by atoms with van der Waals surface area (Å²) in [5.74, 6) is -0.449. The maximum absolute atomic E-state index is 14.4. The minimum atomic E-state index is -0.488. The van der Waals surface area contributed by atoms with Crippen LogP contribution in [0.3, 0.4) is 0 Å². The van der Waals surface area contributed by atoms with Crippen molar-refractivity contribution in [2.24, 2.45) is 5.92 Å². The molecule has 0 bridgehead atoms. The standard InChI is InChI=1S/C18H15FN2O3/c19-14-8-9-15(21(23)24)16-12-2-1-3-13(12)17(20-18(14)16)10-4-6-11(22)7-5-10/h1-2,4-9,12-13,17,20,22H,3H2. The quantitative estimate of drug-likeness (QED) is 0.491. The predicted octanol–water partition coefficient (Wildman–Crippen LogP) is 4.27. The van der Waals surface area contributed by atoms with Crippen LogP contribution < -0.4 is 5.32 Å². The number of nitro benzene ring substituents is 1. The van der Waals surface area contributed by atoms with Crippen molar-refractivity contribution >= 4 is 11.4 Å². The molecule has 0 saturated heterocycles. The SMILES string of the molecule is O=[N+]([O-])c1ccc(F)c2c1C1C=CCC1C(c1ccc(O)cc1)N2. The first-order valence-corrected chi connectivity index (χ1v) is 7.75. The van der Waals surface area contributed by atoms with E-state index in [0.29, 0.717) is 5.56 Å². The van der Waals surface area contributed by atoms with Crippen LogP contribution in [0.4, 0.5) is 15.8 Å². The molecular weight excluding hydrogens is 311 g/mol. The van der Waals surface area contributed by atoms with Crippen LogP contribution in [-0.4, -0.2) is 10.0 Å². The number of fused-ring (bicyclic) bond motifs is 3. The first-order valence-electron chi connectivity index (χ1n) is 7.75. The molecule has 0 fully saturated rings. The summed E-state index contributed by atoms with van der Waals surface area (Å²) < 4.78 is 14.4. The summed E-state index contributed by atoms with van der Waals surface area (Å²) in [6, 6.07) is 8.97. The van der Waals surface area contributed by atoms with Crippen molar-refractivity contribution in [2.45, 2.75) is 18.4 Å². The minimum absolute atomic E-state index is 0.0513. The van der Waals surface area contributed by atoms with Gasteiger partial charge in [-0.05, 0) is 36.1 Å². The first-order chi connectivity index (χ1) is 11.6. The van der Waals surface area contributed by atoms with Crippen molar-refractivity contribution < 1.29 is 14.4 Å². The number of anilines is 1. The van der Waals surface area contributed by atoms with Gasteiger partial charge in [0.2, 0.25) is 0 Å². The van der Waals surface area contributed by atoms with Gasteiger partial charge in [0.05, 0.1) is 22.2 Å². The molecule has 2 aromatic carbocycles. The number of rotatable bonds is 2. The summed E-state index contributed by atoms with van der Waals surface area (Å²) in [4.78, 5) is 10.9. The highest BCUT2D eigenvalue weighted by molar-refractivity contribution is 5.67. The molecule has 0 aromatic heterocycles. The van der Waals surface area contributed by atoms with Crippen LogP contribution in [-0.2, 0) is 0 Å². The zero-order valence-electron chi connectivity index (χ0n) is 12.6. The van der Waals surface area contributed by atoms with Crippen molar-refractivity contribution in [1.82, 2.24) is 0 Å². The van der Waals surface area contributed by atoms with E-state index >= 15 is 0 Å². The second kappa shape index (κ2) is 5.33. The zero-order valence-corrected chi connectivity index (χ0v) is 12.6. The lowest BCUT2D eigenvalue weighted by molar-refractivity contribution is -0.385. The van der Waals surface area contributed by atoms with E-state index in [0.717, 1.165) is 18.1 Å². The van der Waals surface area contributed by atoms with Gasteiger partial charge in [-0.15, -0.1) is 0 Å². The van der Waals surface area contributed by atoms with Gasteiger partial charge in [0.1, 0.15) is 11.6 Å². The lowest BCUT2D eigenvalue weighted by atomic mass is 9.76. The molecule has 1 heterocycles. The van der Waals surface area contributed by atoms with E-state index in [1.807, 2.05) is 12.2 Å². The Bertz CT molecular complexity index is 848. The second-order valence-corrected chi connectivity index (χ2v) is 6.18. The smallest absolute Gasteiger partial charge is 0.275 e. The van der Waals surface area contributed by atoms with Crippen LogP contribution in [0.15, 0.2) is 48.6 Å². The predicted molar refractivity (Wildman–Crippen MR) is 87.5 cm³/mol. The Hall–Kier alpha value is -2.89. The molecule has 5 nitrogen and oxygen atoms in total. The van der Waals surface area contributed by atoms with Gasteiger partial charge < -0.3 is 10.4 Å². The maximum Gasteiger partial charge on any atom is 0.275 e. The number of nitrogens with one attached hydrogen (secondary N) is 1. The summed E-state index contributed by atoms with van der Waals surface area (Å²) in [6.45, 7) is 0. The molecule has 0 radical (unpaired) electrons. The summed E-state index contributed by atoms with van der Waals surface area (Å²) in [5, 5.41) is 24.0. The zero-order chi connectivity index (χ0) is 16.8. The normalized spacial score (nSPS) is 24.1. The Morgan fingerprint density at radius 3 is 2.67 bits per heavy atom. The molecule has 4 rings (SSSR count). The molecule has 2 N–H and O–H groups in total. The lowest BCUT2D eigenvalue weighted by Crippen LogP contribution is -2.30. The van der Waals surface area contributed by atoms with E-state index in [4.69, 9.17) is 0 Å². The molecule has 122 valence electrons. The third-order valence-corrected chi connectivity index (χ3v) is 4.89. The average Bonchev–Trinajstić information content (AvgIpc) is 3.05. The molecule has 0 amide bonds. The third kappa shape index (κ3) is 2.14. The number of aromatic hydroxyl groups is 1. The Morgan fingerprint density at radius 2 is 1.96 bits per heavy atom. The third-order valence-electron chi connectivity index (χ3n) is 4.89. The van der Waals surface area contributed by atoms with E-state index in [1.165, 1.54) is 6.07 Å². The van der Waals surface area contributed by atoms with Gasteiger partial charge in [0.15, 0.2) is 0 Å². The van der Waals surface area contributed by atoms with Crippen LogP contribution in [0, 0.1) is 21.8 Å². The number of hydrogen-bond donors (Lipinski definition) is 2. The highest BCUT2D eigenvalue weighted by Crippen LogP contribution is 2.53. The number of phenols is 1. The molecule has 0 saturated carbocycles. The van der Waals surface area contributed by atoms with Crippen LogP contribution >= 0.6 is 0 Å². The highest BCUT2D eigenvalue weighted by Gasteiger charge is 2.42. The van der Waals surface area contributed by atoms with E-state index in [2.05, 4.69) is 5.32 Å². The van der Waals surface area contributed by atoms with Crippen LogP contribution in [0.25, 0.3) is 0 Å². The van der Waals surface area contributed by atoms with E-state index in [-0.39, 0.29) is 35.0 Å². The van der Waals surface area contributed by atoms with Crippen LogP contribution in [0.2, 0.25) is 0 Å². The Morgan fingerprint density at radius 1 is 1.21 bits per heavy atom. The fraction of sp³-hybridized carbons (Fsp3) is 0.222. The molecule has 3 atom stereocenters. The molecule has 6 heteroatoms. The number of allylic oxidation sites excluding steroid dienone is 2. The summed E-state index contributed by atoms with van der Waals surface area (Å²) >= 11 is 0. The molecule has 1 aliphatic heterocycles. The molecule has 24 heavy (non-hydrogen) atoms. The lowest BCUT2D eigenvalue weighted by Gasteiger charge is -2.37. The van der Waals surface area contributed by atoms with Crippen molar-refractivity contribution in [3.63, 3.8) is 0 Å². The molecule has 2 aliphatic rings. The second-order valence-electron chi connectivity index (χ2n) is 6.18. The number of nitro groups is 1. The molecular formula is C18H15FN2O3. The Labute approximate surface area is 137 Å². The number of hydrogen-bond acceptors (Lipinski definition) is 4. The molecule has 0 spiro atoms. The summed E-state index contributed by atoms with van der Waals surface area (Å²) in [7, 11) is 0. The molecule has 2 aromatic rings. The largest absolute Gasteiger partial charge is 0.508 e. The highest BCUT2D eigenvalue weighted by atomic mass is 19.1. The van der Waals surface area contributed by atoms with Gasteiger partial charge in [0.25, 0.3) is 5.69 Å². The monoisotopic (exact) mass is 326 g/mol. The van der Waals surface area contributed by atoms with Gasteiger partial charge in [-0.3, -0.25) is 10.1 Å². The van der Waals surface area contributed by atoms with Gasteiger partial charge in [0, 0.05) is 12.0 Å². The number of benzene rings is 2. The van der Waals surface area contributed by atoms with Gasteiger partial charge in [-0.25, -0.2) is 4.39 Å². The number of phenolic OH excluding ortho intramolecular Hbond substituents is 1. The van der Waals surface area contributed by atoms with Crippen molar-refractivity contribution in [1.29, 1.82) is 0 Å². The van der Waals surface area contributed by atoms with Crippen LogP contribution in [0.1, 0.15) is 29.5 Å². The fourth-order valence-corrected chi connectivity index (χ4v) is 3.83. The first kappa shape index (κ1) is 14.7. The Balaban J connectivity index is 1.86. The molecule has 1 aliphatic carbocycles. The number of nitrogens with zero attached hydrogens (tertiary/aromatic N) is 1. The minimum Gasteiger partial charge on any atom is -0.508 e. The van der Waals surface area contributed by atoms with Crippen molar-refractivity contribution in [3.8, 4) is 5.75 Å². The Kier molecular flexibility index (Phi) is 3.26. The van der Waals surface area contributed by atoms with Gasteiger partial charge in [-0.2, -0.15) is 0 Å². The van der Waals surface area contributed by atoms with E-state index in [1.54, 1.807) is 24.3 Å². The maximum atomic E-state index is 14.4. The average molecular weight is 326 g/mol. The van der Waals surface area contributed by atoms with Gasteiger partial charge >= 0.3 is 0 Å². The summed E-state index contributed by atoms with van der Waals surface area (Å²) in [6.07, 6.45) is 4.69. The van der Waals surface area contributed by atoms with Crippen LogP contribution in [0.5, 0.6) is 5.75 Å². The molecule has 3 unspecified atom stereocenters. The van der Waals surface area contributed by atoms with Gasteiger partial charge in [-0.1, -0.05) is 24.3 Å². The fourth-order valence-electron chi connectivity index (χ4n) is 3.83.